The van der Waals surface area contributed by atoms with Gasteiger partial charge in [0.05, 0.1) is 17.9 Å². The third-order valence-corrected chi connectivity index (χ3v) is 5.77. The molecule has 0 bridgehead atoms. The fourth-order valence-electron chi connectivity index (χ4n) is 3.29. The van der Waals surface area contributed by atoms with Crippen molar-refractivity contribution in [2.45, 2.75) is 44.8 Å². The van der Waals surface area contributed by atoms with Crippen molar-refractivity contribution in [1.29, 1.82) is 0 Å². The number of ether oxygens (including phenoxy) is 2. The van der Waals surface area contributed by atoms with Gasteiger partial charge in [-0.2, -0.15) is 0 Å². The summed E-state index contributed by atoms with van der Waals surface area (Å²) in [6.45, 7) is 0.313. The average molecular weight is 460 g/mol. The zero-order valence-corrected chi connectivity index (χ0v) is 19.1. The van der Waals surface area contributed by atoms with Crippen LogP contribution in [0.3, 0.4) is 0 Å². The number of benzene rings is 1. The van der Waals surface area contributed by atoms with Crippen LogP contribution >= 0.6 is 11.3 Å². The molecule has 0 unspecified atom stereocenters. The predicted octanol–water partition coefficient (Wildman–Crippen LogP) is 3.92. The minimum atomic E-state index is -0.330. The Morgan fingerprint density at radius 2 is 2.06 bits per heavy atom. The zero-order chi connectivity index (χ0) is 22.9. The summed E-state index contributed by atoms with van der Waals surface area (Å²) in [4.78, 5) is 19.7. The maximum atomic E-state index is 11.3. The van der Waals surface area contributed by atoms with Crippen LogP contribution in [0, 0.1) is 0 Å². The summed E-state index contributed by atoms with van der Waals surface area (Å²) in [7, 11) is 3.12. The van der Waals surface area contributed by atoms with E-state index in [1.165, 1.54) is 37.6 Å². The zero-order valence-electron chi connectivity index (χ0n) is 18.3. The van der Waals surface area contributed by atoms with Crippen LogP contribution in [0.15, 0.2) is 30.5 Å². The number of carbonyl (C=O) groups excluding carboxylic acids is 1. The first-order valence-electron chi connectivity index (χ1n) is 10.5. The third kappa shape index (κ3) is 6.69. The van der Waals surface area contributed by atoms with Crippen LogP contribution in [0.2, 0.25) is 0 Å². The molecule has 1 aromatic carbocycles. The lowest BCUT2D eigenvalue weighted by Crippen LogP contribution is -2.25. The first-order valence-corrected chi connectivity index (χ1v) is 11.3. The number of amides is 2. The molecule has 1 aliphatic rings. The smallest absolute Gasteiger partial charge is 0.320 e. The predicted molar refractivity (Wildman–Crippen MR) is 126 cm³/mol. The summed E-state index contributed by atoms with van der Waals surface area (Å²) in [5.41, 5.74) is 7.35. The Labute approximate surface area is 191 Å². The van der Waals surface area contributed by atoms with Crippen molar-refractivity contribution in [1.82, 2.24) is 15.3 Å². The molecule has 0 atom stereocenters. The number of urea groups is 1. The van der Waals surface area contributed by atoms with Gasteiger partial charge in [0.1, 0.15) is 29.4 Å². The maximum absolute atomic E-state index is 11.3. The van der Waals surface area contributed by atoms with E-state index in [2.05, 4.69) is 20.6 Å². The van der Waals surface area contributed by atoms with Crippen LogP contribution in [-0.4, -0.2) is 41.4 Å². The average Bonchev–Trinajstić information content (AvgIpc) is 3.18. The largest absolute Gasteiger partial charge is 0.494 e. The number of nitrogens with one attached hydrogen (secondary N) is 2. The lowest BCUT2D eigenvalue weighted by atomic mass is 9.98. The molecule has 10 heteroatoms. The number of rotatable bonds is 5. The lowest BCUT2D eigenvalue weighted by molar-refractivity contribution is 0.130. The van der Waals surface area contributed by atoms with Gasteiger partial charge in [0, 0.05) is 19.3 Å². The van der Waals surface area contributed by atoms with E-state index in [9.17, 15) is 4.79 Å². The molecule has 3 aromatic rings. The number of carbonyl (C=O) groups is 1. The molecule has 4 rings (SSSR count). The standard InChI is InChI=1S/C16H17N5O3S.C6H12O/c1-18-16(22)20-13-5-9(3-4-19-13)8-24-10-6-11(23-2)14-12(7-10)25-15(17)21-14;7-6-4-2-1-3-5-6/h3-7H,8H2,1-2H3,(H2,17,21)(H2,18,19,20,22);6-7H,1-5H2. The highest BCUT2D eigenvalue weighted by Crippen LogP contribution is 2.35. The minimum absolute atomic E-state index is 0.0359. The number of hydrogen-bond donors (Lipinski definition) is 4. The van der Waals surface area contributed by atoms with Crippen LogP contribution < -0.4 is 25.8 Å². The second kappa shape index (κ2) is 11.5. The van der Waals surface area contributed by atoms with Gasteiger partial charge in [0.2, 0.25) is 0 Å². The Morgan fingerprint density at radius 1 is 1.28 bits per heavy atom. The summed E-state index contributed by atoms with van der Waals surface area (Å²) in [5, 5.41) is 14.5. The molecule has 2 amide bonds. The number of pyridine rings is 1. The van der Waals surface area contributed by atoms with E-state index in [1.807, 2.05) is 12.1 Å². The Bertz CT molecular complexity index is 1040. The van der Waals surface area contributed by atoms with Crippen LogP contribution in [0.25, 0.3) is 10.2 Å². The molecular weight excluding hydrogens is 430 g/mol. The molecule has 0 radical (unpaired) electrons. The Balaban J connectivity index is 0.000000352. The third-order valence-electron chi connectivity index (χ3n) is 4.94. The molecule has 1 fully saturated rings. The van der Waals surface area contributed by atoms with Crippen LogP contribution in [0.4, 0.5) is 15.7 Å². The van der Waals surface area contributed by atoms with Gasteiger partial charge in [-0.25, -0.2) is 14.8 Å². The molecular formula is C22H29N5O4S. The van der Waals surface area contributed by atoms with E-state index in [-0.39, 0.29) is 12.1 Å². The van der Waals surface area contributed by atoms with Gasteiger partial charge in [0.15, 0.2) is 5.13 Å². The summed E-state index contributed by atoms with van der Waals surface area (Å²) in [6.07, 6.45) is 7.53. The highest BCUT2D eigenvalue weighted by atomic mass is 32.1. The fourth-order valence-corrected chi connectivity index (χ4v) is 4.07. The summed E-state index contributed by atoms with van der Waals surface area (Å²) < 4.78 is 12.1. The lowest BCUT2D eigenvalue weighted by Gasteiger charge is -2.14. The van der Waals surface area contributed by atoms with Crippen molar-refractivity contribution in [2.24, 2.45) is 0 Å². The molecule has 9 nitrogen and oxygen atoms in total. The Morgan fingerprint density at radius 3 is 2.72 bits per heavy atom. The molecule has 0 saturated heterocycles. The topological polar surface area (TPSA) is 132 Å². The molecule has 172 valence electrons. The maximum Gasteiger partial charge on any atom is 0.320 e. The molecule has 2 aromatic heterocycles. The molecule has 32 heavy (non-hydrogen) atoms. The molecule has 0 aliphatic heterocycles. The number of nitrogen functional groups attached to an aromatic ring is 1. The first kappa shape index (κ1) is 23.6. The molecule has 5 N–H and O–H groups in total. The van der Waals surface area contributed by atoms with Crippen molar-refractivity contribution >= 4 is 38.5 Å². The number of methoxy groups -OCH3 is 1. The van der Waals surface area contributed by atoms with Gasteiger partial charge in [-0.05, 0) is 36.6 Å². The van der Waals surface area contributed by atoms with Crippen molar-refractivity contribution in [2.75, 3.05) is 25.2 Å². The van der Waals surface area contributed by atoms with Crippen LogP contribution in [-0.2, 0) is 6.61 Å². The van der Waals surface area contributed by atoms with Crippen molar-refractivity contribution in [3.05, 3.63) is 36.0 Å². The van der Waals surface area contributed by atoms with Gasteiger partial charge in [0.25, 0.3) is 0 Å². The quantitative estimate of drug-likeness (QED) is 0.455. The Hall–Kier alpha value is -3.11. The fraction of sp³-hybridized carbons (Fsp3) is 0.409. The number of aromatic nitrogens is 2. The van der Waals surface area contributed by atoms with Gasteiger partial charge in [-0.1, -0.05) is 30.6 Å². The second-order valence-electron chi connectivity index (χ2n) is 7.36. The van der Waals surface area contributed by atoms with E-state index in [4.69, 9.17) is 20.3 Å². The Kier molecular flexibility index (Phi) is 8.46. The summed E-state index contributed by atoms with van der Waals surface area (Å²) in [5.74, 6) is 1.70. The molecule has 1 aliphatic carbocycles. The number of nitrogens with two attached hydrogens (primary N) is 1. The summed E-state index contributed by atoms with van der Waals surface area (Å²) in [6, 6.07) is 6.87. The van der Waals surface area contributed by atoms with E-state index >= 15 is 0 Å². The van der Waals surface area contributed by atoms with Crippen molar-refractivity contribution < 1.29 is 19.4 Å². The van der Waals surface area contributed by atoms with Crippen LogP contribution in [0.1, 0.15) is 37.7 Å². The number of thiazole rings is 1. The highest BCUT2D eigenvalue weighted by molar-refractivity contribution is 7.22. The number of fused-ring (bicyclic) bond motifs is 1. The van der Waals surface area contributed by atoms with Gasteiger partial charge in [-0.15, -0.1) is 0 Å². The second-order valence-corrected chi connectivity index (χ2v) is 8.42. The van der Waals surface area contributed by atoms with Crippen molar-refractivity contribution in [3.8, 4) is 11.5 Å². The van der Waals surface area contributed by atoms with Crippen molar-refractivity contribution in [3.63, 3.8) is 0 Å². The number of aliphatic hydroxyl groups is 1. The molecule has 1 saturated carbocycles. The van der Waals surface area contributed by atoms with Crippen LogP contribution in [0.5, 0.6) is 11.5 Å². The summed E-state index contributed by atoms with van der Waals surface area (Å²) >= 11 is 1.37. The number of anilines is 2. The van der Waals surface area contributed by atoms with Gasteiger partial charge < -0.3 is 25.6 Å². The SMILES string of the molecule is CNC(=O)Nc1cc(COc2cc(OC)c3nc(N)sc3c2)ccn1.OC1CCCCC1. The monoisotopic (exact) mass is 459 g/mol. The van der Waals surface area contributed by atoms with E-state index in [1.54, 1.807) is 25.4 Å². The number of aliphatic hydroxyl groups excluding tert-OH is 1. The van der Waals surface area contributed by atoms with E-state index < -0.39 is 0 Å². The van der Waals surface area contributed by atoms with E-state index in [0.717, 1.165) is 28.6 Å². The first-order chi connectivity index (χ1) is 15.5. The van der Waals surface area contributed by atoms with Gasteiger partial charge >= 0.3 is 6.03 Å². The highest BCUT2D eigenvalue weighted by Gasteiger charge is 2.11. The van der Waals surface area contributed by atoms with Gasteiger partial charge in [-0.3, -0.25) is 5.32 Å². The normalized spacial score (nSPS) is 13.7. The molecule has 0 spiro atoms. The molecule has 2 heterocycles. The number of nitrogens with zero attached hydrogens (tertiary/aromatic N) is 2. The minimum Gasteiger partial charge on any atom is -0.494 e. The number of hydrogen-bond acceptors (Lipinski definition) is 8. The van der Waals surface area contributed by atoms with E-state index in [0.29, 0.717) is 29.1 Å².